The van der Waals surface area contributed by atoms with Crippen LogP contribution in [-0.2, 0) is 11.0 Å². The zero-order valence-electron chi connectivity index (χ0n) is 9.01. The van der Waals surface area contributed by atoms with Crippen LogP contribution in [0.15, 0.2) is 30.4 Å². The summed E-state index contributed by atoms with van der Waals surface area (Å²) < 4.78 is 37.4. The molecule has 0 fully saturated rings. The van der Waals surface area contributed by atoms with Gasteiger partial charge in [0.1, 0.15) is 0 Å². The lowest BCUT2D eigenvalue weighted by atomic mass is 10.2. The lowest BCUT2D eigenvalue weighted by Crippen LogP contribution is -2.12. The maximum atomic E-state index is 12.5. The van der Waals surface area contributed by atoms with Crippen molar-refractivity contribution in [2.45, 2.75) is 6.18 Å². The average molecular weight is 280 g/mol. The van der Waals surface area contributed by atoms with Gasteiger partial charge in [-0.15, -0.1) is 0 Å². The number of carboxylic acid groups (broad SMARTS) is 1. The molecule has 7 heteroatoms. The predicted molar refractivity (Wildman–Crippen MR) is 61.7 cm³/mol. The van der Waals surface area contributed by atoms with Crippen LogP contribution in [0.4, 0.5) is 18.9 Å². The molecule has 0 spiro atoms. The van der Waals surface area contributed by atoms with Gasteiger partial charge in [-0.25, -0.2) is 4.79 Å². The molecule has 98 valence electrons. The number of carbonyl (C=O) groups is 1. The third kappa shape index (κ3) is 3.96. The van der Waals surface area contributed by atoms with Gasteiger partial charge in [-0.2, -0.15) is 13.2 Å². The normalized spacial score (nSPS) is 11.1. The molecule has 0 aliphatic rings. The summed E-state index contributed by atoms with van der Waals surface area (Å²) in [6.45, 7) is 3.07. The SMILES string of the molecule is C=C(CNc1cc(Cl)cc(C(F)(F)F)c1)C(=O)O. The minimum Gasteiger partial charge on any atom is -0.478 e. The van der Waals surface area contributed by atoms with Crippen LogP contribution in [0.3, 0.4) is 0 Å². The maximum absolute atomic E-state index is 12.5. The molecule has 0 unspecified atom stereocenters. The minimum atomic E-state index is -4.51. The van der Waals surface area contributed by atoms with Crippen molar-refractivity contribution in [1.82, 2.24) is 0 Å². The Morgan fingerprint density at radius 3 is 2.50 bits per heavy atom. The second kappa shape index (κ2) is 5.30. The Hall–Kier alpha value is -1.69. The van der Waals surface area contributed by atoms with Gasteiger partial charge < -0.3 is 10.4 Å². The lowest BCUT2D eigenvalue weighted by molar-refractivity contribution is -0.137. The van der Waals surface area contributed by atoms with E-state index in [2.05, 4.69) is 11.9 Å². The molecule has 0 radical (unpaired) electrons. The number of alkyl halides is 3. The van der Waals surface area contributed by atoms with Crippen molar-refractivity contribution in [3.63, 3.8) is 0 Å². The Morgan fingerprint density at radius 2 is 2.00 bits per heavy atom. The summed E-state index contributed by atoms with van der Waals surface area (Å²) in [5.74, 6) is -1.22. The molecule has 0 bridgehead atoms. The Labute approximate surface area is 106 Å². The molecule has 0 aromatic heterocycles. The second-order valence-corrected chi connectivity index (χ2v) is 3.93. The summed E-state index contributed by atoms with van der Waals surface area (Å²) in [5, 5.41) is 11.0. The van der Waals surface area contributed by atoms with Crippen LogP contribution in [0, 0.1) is 0 Å². The highest BCUT2D eigenvalue weighted by molar-refractivity contribution is 6.30. The molecule has 0 aliphatic heterocycles. The average Bonchev–Trinajstić information content (AvgIpc) is 2.23. The highest BCUT2D eigenvalue weighted by Gasteiger charge is 2.31. The van der Waals surface area contributed by atoms with Gasteiger partial charge >= 0.3 is 12.1 Å². The first-order valence-electron chi connectivity index (χ1n) is 4.73. The first-order valence-corrected chi connectivity index (χ1v) is 5.10. The Balaban J connectivity index is 2.87. The van der Waals surface area contributed by atoms with Gasteiger partial charge in [-0.1, -0.05) is 18.2 Å². The molecule has 3 nitrogen and oxygen atoms in total. The van der Waals surface area contributed by atoms with Crippen molar-refractivity contribution < 1.29 is 23.1 Å². The molecule has 0 amide bonds. The molecule has 1 aromatic carbocycles. The highest BCUT2D eigenvalue weighted by atomic mass is 35.5. The van der Waals surface area contributed by atoms with Crippen molar-refractivity contribution >= 4 is 23.3 Å². The lowest BCUT2D eigenvalue weighted by Gasteiger charge is -2.11. The summed E-state index contributed by atoms with van der Waals surface area (Å²) in [6, 6.07) is 2.91. The van der Waals surface area contributed by atoms with E-state index in [0.29, 0.717) is 0 Å². The first-order chi connectivity index (χ1) is 8.20. The van der Waals surface area contributed by atoms with E-state index in [1.165, 1.54) is 6.07 Å². The summed E-state index contributed by atoms with van der Waals surface area (Å²) in [6.07, 6.45) is -4.51. The van der Waals surface area contributed by atoms with Crippen molar-refractivity contribution in [1.29, 1.82) is 0 Å². The van der Waals surface area contributed by atoms with Gasteiger partial charge in [0.15, 0.2) is 0 Å². The zero-order valence-corrected chi connectivity index (χ0v) is 9.77. The van der Waals surface area contributed by atoms with Crippen molar-refractivity contribution in [3.05, 3.63) is 40.9 Å². The van der Waals surface area contributed by atoms with Gasteiger partial charge in [-0.3, -0.25) is 0 Å². The van der Waals surface area contributed by atoms with E-state index in [1.807, 2.05) is 0 Å². The second-order valence-electron chi connectivity index (χ2n) is 3.49. The van der Waals surface area contributed by atoms with Crippen LogP contribution in [-0.4, -0.2) is 17.6 Å². The molecule has 0 aliphatic carbocycles. The summed E-state index contributed by atoms with van der Waals surface area (Å²) in [4.78, 5) is 10.5. The van der Waals surface area contributed by atoms with Crippen molar-refractivity contribution in [3.8, 4) is 0 Å². The van der Waals surface area contributed by atoms with Crippen molar-refractivity contribution in [2.75, 3.05) is 11.9 Å². The molecule has 0 saturated heterocycles. The number of carboxylic acids is 1. The maximum Gasteiger partial charge on any atom is 0.416 e. The molecule has 0 atom stereocenters. The van der Waals surface area contributed by atoms with E-state index in [0.717, 1.165) is 12.1 Å². The highest BCUT2D eigenvalue weighted by Crippen LogP contribution is 2.33. The Morgan fingerprint density at radius 1 is 1.39 bits per heavy atom. The third-order valence-corrected chi connectivity index (χ3v) is 2.25. The Kier molecular flexibility index (Phi) is 4.24. The van der Waals surface area contributed by atoms with Gasteiger partial charge in [0.2, 0.25) is 0 Å². The number of halogens is 4. The number of hydrogen-bond acceptors (Lipinski definition) is 2. The van der Waals surface area contributed by atoms with Gasteiger partial charge in [0.25, 0.3) is 0 Å². The molecule has 2 N–H and O–H groups in total. The van der Waals surface area contributed by atoms with Crippen LogP contribution in [0.25, 0.3) is 0 Å². The number of rotatable bonds is 4. The number of anilines is 1. The number of hydrogen-bond donors (Lipinski definition) is 2. The summed E-state index contributed by atoms with van der Waals surface area (Å²) in [7, 11) is 0. The van der Waals surface area contributed by atoms with E-state index in [-0.39, 0.29) is 22.8 Å². The minimum absolute atomic E-state index is 0.0808. The fourth-order valence-corrected chi connectivity index (χ4v) is 1.37. The van der Waals surface area contributed by atoms with Crippen molar-refractivity contribution in [2.24, 2.45) is 0 Å². The largest absolute Gasteiger partial charge is 0.478 e. The van der Waals surface area contributed by atoms with Crippen LogP contribution >= 0.6 is 11.6 Å². The standard InChI is InChI=1S/C11H9ClF3NO2/c1-6(10(17)18)5-16-9-3-7(11(13,14)15)2-8(12)4-9/h2-4,16H,1,5H2,(H,17,18). The van der Waals surface area contributed by atoms with E-state index < -0.39 is 17.7 Å². The smallest absolute Gasteiger partial charge is 0.416 e. The number of aliphatic carboxylic acids is 1. The quantitative estimate of drug-likeness (QED) is 0.831. The molecular weight excluding hydrogens is 271 g/mol. The first kappa shape index (κ1) is 14.4. The van der Waals surface area contributed by atoms with Crippen LogP contribution in [0.5, 0.6) is 0 Å². The molecule has 0 heterocycles. The third-order valence-electron chi connectivity index (χ3n) is 2.03. The van der Waals surface area contributed by atoms with E-state index >= 15 is 0 Å². The molecule has 1 rings (SSSR count). The molecular formula is C11H9ClF3NO2. The van der Waals surface area contributed by atoms with E-state index in [4.69, 9.17) is 16.7 Å². The Bertz CT molecular complexity index is 486. The fraction of sp³-hybridized carbons (Fsp3) is 0.182. The molecule has 1 aromatic rings. The van der Waals surface area contributed by atoms with E-state index in [1.54, 1.807) is 0 Å². The molecule has 18 heavy (non-hydrogen) atoms. The van der Waals surface area contributed by atoms with Crippen LogP contribution in [0.2, 0.25) is 5.02 Å². The fourth-order valence-electron chi connectivity index (χ4n) is 1.14. The zero-order chi connectivity index (χ0) is 13.9. The van der Waals surface area contributed by atoms with Gasteiger partial charge in [-0.05, 0) is 18.2 Å². The van der Waals surface area contributed by atoms with Crippen LogP contribution < -0.4 is 5.32 Å². The van der Waals surface area contributed by atoms with Gasteiger partial charge in [0.05, 0.1) is 5.56 Å². The van der Waals surface area contributed by atoms with E-state index in [9.17, 15) is 18.0 Å². The number of benzene rings is 1. The summed E-state index contributed by atoms with van der Waals surface area (Å²) >= 11 is 5.56. The predicted octanol–water partition coefficient (Wildman–Crippen LogP) is 3.41. The van der Waals surface area contributed by atoms with Crippen LogP contribution in [0.1, 0.15) is 5.56 Å². The molecule has 0 saturated carbocycles. The summed E-state index contributed by atoms with van der Waals surface area (Å²) in [5.41, 5.74) is -0.987. The topological polar surface area (TPSA) is 49.3 Å². The van der Waals surface area contributed by atoms with Gasteiger partial charge in [0, 0.05) is 22.8 Å². The number of nitrogens with one attached hydrogen (secondary N) is 1. The monoisotopic (exact) mass is 279 g/mol.